The predicted molar refractivity (Wildman–Crippen MR) is 118 cm³/mol. The Hall–Kier alpha value is -1.85. The normalized spacial score (nSPS) is 14.5. The van der Waals surface area contributed by atoms with E-state index in [1.807, 2.05) is 13.8 Å². The van der Waals surface area contributed by atoms with E-state index >= 15 is 0 Å². The summed E-state index contributed by atoms with van der Waals surface area (Å²) >= 11 is 0. The molecule has 0 heterocycles. The molecule has 0 radical (unpaired) electrons. The minimum Gasteiger partial charge on any atom is -0.481 e. The van der Waals surface area contributed by atoms with Gasteiger partial charge in [-0.2, -0.15) is 0 Å². The van der Waals surface area contributed by atoms with Crippen LogP contribution >= 0.6 is 0 Å². The molecule has 0 bridgehead atoms. The average molecular weight is 411 g/mol. The Morgan fingerprint density at radius 1 is 1.00 bits per heavy atom. The molecule has 0 saturated heterocycles. The number of hydrogen-bond donors (Lipinski definition) is 3. The summed E-state index contributed by atoms with van der Waals surface area (Å²) in [5, 5.41) is 15.1. The molecule has 3 N–H and O–H groups in total. The first kappa shape index (κ1) is 27.1. The molecule has 0 aromatic carbocycles. The molecule has 0 fully saturated rings. The maximum atomic E-state index is 12.8. The molecule has 0 aliphatic heterocycles. The zero-order chi connectivity index (χ0) is 22.5. The smallest absolute Gasteiger partial charge is 0.309 e. The summed E-state index contributed by atoms with van der Waals surface area (Å²) in [5.74, 6) is -2.16. The molecule has 0 aromatic heterocycles. The van der Waals surface area contributed by atoms with Crippen molar-refractivity contribution >= 4 is 17.8 Å². The third-order valence-corrected chi connectivity index (χ3v) is 5.68. The van der Waals surface area contributed by atoms with Crippen LogP contribution in [0.15, 0.2) is 12.7 Å². The van der Waals surface area contributed by atoms with Gasteiger partial charge in [0, 0.05) is 12.1 Å². The number of aliphatic carboxylic acids is 1. The fourth-order valence-electron chi connectivity index (χ4n) is 3.11. The summed E-state index contributed by atoms with van der Waals surface area (Å²) in [5.41, 5.74) is -1.08. The average Bonchev–Trinajstić information content (AvgIpc) is 2.65. The van der Waals surface area contributed by atoms with Crippen molar-refractivity contribution in [3.63, 3.8) is 0 Å². The summed E-state index contributed by atoms with van der Waals surface area (Å²) < 4.78 is 0. The van der Waals surface area contributed by atoms with E-state index in [1.54, 1.807) is 19.9 Å². The molecule has 6 heteroatoms. The Morgan fingerprint density at radius 3 is 2.14 bits per heavy atom. The Kier molecular flexibility index (Phi) is 12.5. The molecule has 0 rings (SSSR count). The fourth-order valence-corrected chi connectivity index (χ4v) is 3.11. The van der Waals surface area contributed by atoms with E-state index in [4.69, 9.17) is 5.11 Å². The van der Waals surface area contributed by atoms with Gasteiger partial charge in [-0.25, -0.2) is 0 Å². The van der Waals surface area contributed by atoms with Gasteiger partial charge in [-0.05, 0) is 52.9 Å². The van der Waals surface area contributed by atoms with Gasteiger partial charge >= 0.3 is 5.97 Å². The van der Waals surface area contributed by atoms with Gasteiger partial charge < -0.3 is 15.7 Å². The van der Waals surface area contributed by atoms with Gasteiger partial charge in [-0.15, -0.1) is 6.58 Å². The van der Waals surface area contributed by atoms with Crippen LogP contribution in [0.1, 0.15) is 92.4 Å². The standard InChI is InChI=1S/C23H42N2O4/c1-7-10-11-16-23(6,9-3)25-20(27)18(14-8-2)19(26)24-17-13-12-15-22(4,5)21(28)29/h8,18H,2,7,9-17H2,1,3-6H3,(H,24,26)(H,25,27)(H,28,29). The number of carbonyl (C=O) groups is 3. The van der Waals surface area contributed by atoms with Gasteiger partial charge in [0.05, 0.1) is 5.41 Å². The van der Waals surface area contributed by atoms with Crippen LogP contribution in [0, 0.1) is 11.3 Å². The zero-order valence-corrected chi connectivity index (χ0v) is 19.1. The van der Waals surface area contributed by atoms with E-state index in [9.17, 15) is 14.4 Å². The molecule has 0 saturated carbocycles. The Labute approximate surface area is 176 Å². The van der Waals surface area contributed by atoms with Crippen molar-refractivity contribution in [2.24, 2.45) is 11.3 Å². The van der Waals surface area contributed by atoms with Crippen molar-refractivity contribution in [1.29, 1.82) is 0 Å². The Morgan fingerprint density at radius 2 is 1.62 bits per heavy atom. The lowest BCUT2D eigenvalue weighted by molar-refractivity contribution is -0.147. The highest BCUT2D eigenvalue weighted by molar-refractivity contribution is 6.00. The molecule has 0 aliphatic carbocycles. The highest BCUT2D eigenvalue weighted by Crippen LogP contribution is 2.23. The van der Waals surface area contributed by atoms with E-state index in [0.717, 1.165) is 32.1 Å². The van der Waals surface area contributed by atoms with Crippen LogP contribution in [-0.4, -0.2) is 35.0 Å². The zero-order valence-electron chi connectivity index (χ0n) is 19.1. The first-order valence-electron chi connectivity index (χ1n) is 11.0. The number of allylic oxidation sites excluding steroid dienone is 1. The van der Waals surface area contributed by atoms with E-state index in [-0.39, 0.29) is 17.4 Å². The third-order valence-electron chi connectivity index (χ3n) is 5.68. The molecule has 0 aromatic rings. The van der Waals surface area contributed by atoms with Crippen LogP contribution < -0.4 is 10.6 Å². The highest BCUT2D eigenvalue weighted by atomic mass is 16.4. The van der Waals surface area contributed by atoms with Crippen LogP contribution in [0.25, 0.3) is 0 Å². The number of unbranched alkanes of at least 4 members (excludes halogenated alkanes) is 3. The number of carboxylic acid groups (broad SMARTS) is 1. The monoisotopic (exact) mass is 410 g/mol. The summed E-state index contributed by atoms with van der Waals surface area (Å²) in [6.07, 6.45) is 8.80. The quantitative estimate of drug-likeness (QED) is 0.199. The van der Waals surface area contributed by atoms with E-state index < -0.39 is 17.3 Å². The number of carboxylic acids is 1. The van der Waals surface area contributed by atoms with Crippen molar-refractivity contribution in [1.82, 2.24) is 10.6 Å². The van der Waals surface area contributed by atoms with Crippen molar-refractivity contribution in [3.8, 4) is 0 Å². The molecule has 168 valence electrons. The third kappa shape index (κ3) is 10.5. The molecular formula is C23H42N2O4. The lowest BCUT2D eigenvalue weighted by Gasteiger charge is -2.31. The van der Waals surface area contributed by atoms with Crippen LogP contribution in [0.3, 0.4) is 0 Å². The van der Waals surface area contributed by atoms with Crippen LogP contribution in [0.4, 0.5) is 0 Å². The number of carbonyl (C=O) groups excluding carboxylic acids is 2. The molecule has 6 nitrogen and oxygen atoms in total. The van der Waals surface area contributed by atoms with Crippen molar-refractivity contribution in [2.75, 3.05) is 6.54 Å². The Balaban J connectivity index is 4.65. The van der Waals surface area contributed by atoms with Gasteiger partial charge in [0.25, 0.3) is 0 Å². The molecule has 2 amide bonds. The molecule has 0 aliphatic rings. The van der Waals surface area contributed by atoms with Crippen molar-refractivity contribution in [3.05, 3.63) is 12.7 Å². The predicted octanol–water partition coefficient (Wildman–Crippen LogP) is 4.44. The summed E-state index contributed by atoms with van der Waals surface area (Å²) in [6, 6.07) is 0. The maximum Gasteiger partial charge on any atom is 0.309 e. The molecule has 0 spiro atoms. The number of amides is 2. The van der Waals surface area contributed by atoms with Gasteiger partial charge in [-0.1, -0.05) is 45.6 Å². The van der Waals surface area contributed by atoms with Crippen LogP contribution in [-0.2, 0) is 14.4 Å². The lowest BCUT2D eigenvalue weighted by atomic mass is 9.87. The second-order valence-electron chi connectivity index (χ2n) is 8.87. The SMILES string of the molecule is C=CCC(C(=O)NCCCCC(C)(C)C(=O)O)C(=O)NC(C)(CC)CCCCC. The molecule has 2 atom stereocenters. The van der Waals surface area contributed by atoms with Crippen LogP contribution in [0.5, 0.6) is 0 Å². The highest BCUT2D eigenvalue weighted by Gasteiger charge is 2.31. The van der Waals surface area contributed by atoms with Crippen LogP contribution in [0.2, 0.25) is 0 Å². The number of rotatable bonds is 16. The molecule has 2 unspecified atom stereocenters. The van der Waals surface area contributed by atoms with E-state index in [0.29, 0.717) is 32.2 Å². The molecule has 29 heavy (non-hydrogen) atoms. The number of nitrogens with one attached hydrogen (secondary N) is 2. The fraction of sp³-hybridized carbons (Fsp3) is 0.783. The van der Waals surface area contributed by atoms with Gasteiger partial charge in [-0.3, -0.25) is 14.4 Å². The summed E-state index contributed by atoms with van der Waals surface area (Å²) in [7, 11) is 0. The maximum absolute atomic E-state index is 12.8. The first-order chi connectivity index (χ1) is 13.5. The first-order valence-corrected chi connectivity index (χ1v) is 11.0. The largest absolute Gasteiger partial charge is 0.481 e. The molecular weight excluding hydrogens is 368 g/mol. The lowest BCUT2D eigenvalue weighted by Crippen LogP contribution is -2.51. The second-order valence-corrected chi connectivity index (χ2v) is 8.87. The van der Waals surface area contributed by atoms with Crippen molar-refractivity contribution < 1.29 is 19.5 Å². The topological polar surface area (TPSA) is 95.5 Å². The van der Waals surface area contributed by atoms with Gasteiger partial charge in [0.15, 0.2) is 0 Å². The van der Waals surface area contributed by atoms with Crippen molar-refractivity contribution in [2.45, 2.75) is 97.9 Å². The Bertz CT molecular complexity index is 545. The minimum atomic E-state index is -0.817. The van der Waals surface area contributed by atoms with Gasteiger partial charge in [0.1, 0.15) is 5.92 Å². The number of hydrogen-bond acceptors (Lipinski definition) is 3. The van der Waals surface area contributed by atoms with Gasteiger partial charge in [0.2, 0.25) is 11.8 Å². The summed E-state index contributed by atoms with van der Waals surface area (Å²) in [6.45, 7) is 13.7. The second kappa shape index (κ2) is 13.4. The minimum absolute atomic E-state index is 0.254. The van der Waals surface area contributed by atoms with E-state index in [1.165, 1.54) is 0 Å². The summed E-state index contributed by atoms with van der Waals surface area (Å²) in [4.78, 5) is 36.5. The van der Waals surface area contributed by atoms with E-state index in [2.05, 4.69) is 24.1 Å².